The normalized spacial score (nSPS) is 20.0. The lowest BCUT2D eigenvalue weighted by atomic mass is 9.99. The molecule has 2 aliphatic heterocycles. The van der Waals surface area contributed by atoms with Gasteiger partial charge in [-0.2, -0.15) is 0 Å². The van der Waals surface area contributed by atoms with Gasteiger partial charge in [0.15, 0.2) is 0 Å². The molecule has 0 N–H and O–H groups in total. The van der Waals surface area contributed by atoms with Gasteiger partial charge >= 0.3 is 0 Å². The molecular formula is C17H20N2OS2. The minimum atomic E-state index is 0.0479. The Morgan fingerprint density at radius 3 is 3.00 bits per heavy atom. The van der Waals surface area contributed by atoms with Gasteiger partial charge in [0.05, 0.1) is 4.91 Å². The molecule has 0 unspecified atom stereocenters. The van der Waals surface area contributed by atoms with Crippen molar-refractivity contribution in [3.63, 3.8) is 0 Å². The summed E-state index contributed by atoms with van der Waals surface area (Å²) in [4.78, 5) is 17.1. The highest BCUT2D eigenvalue weighted by Gasteiger charge is 2.31. The van der Waals surface area contributed by atoms with Gasteiger partial charge in [0.25, 0.3) is 5.91 Å². The molecule has 1 aromatic rings. The van der Waals surface area contributed by atoms with Crippen molar-refractivity contribution in [1.29, 1.82) is 0 Å². The fraction of sp³-hybridized carbons (Fsp3) is 0.412. The van der Waals surface area contributed by atoms with Gasteiger partial charge in [-0.25, -0.2) is 0 Å². The first-order valence-corrected chi connectivity index (χ1v) is 8.92. The van der Waals surface area contributed by atoms with Crippen molar-refractivity contribution in [3.8, 4) is 0 Å². The van der Waals surface area contributed by atoms with E-state index < -0.39 is 0 Å². The Kier molecular flexibility index (Phi) is 4.54. The van der Waals surface area contributed by atoms with Crippen LogP contribution in [0.3, 0.4) is 0 Å². The highest BCUT2D eigenvalue weighted by atomic mass is 32.2. The number of carbonyl (C=O) groups excluding carboxylic acids is 1. The summed E-state index contributed by atoms with van der Waals surface area (Å²) in [6.45, 7) is 3.88. The number of benzene rings is 1. The molecule has 0 saturated carbocycles. The minimum Gasteiger partial charge on any atom is -0.374 e. The molecule has 3 nitrogen and oxygen atoms in total. The molecule has 1 fully saturated rings. The molecule has 1 amide bonds. The third-order valence-electron chi connectivity index (χ3n) is 4.07. The second-order valence-corrected chi connectivity index (χ2v) is 7.42. The van der Waals surface area contributed by atoms with E-state index in [1.807, 2.05) is 6.08 Å². The molecule has 1 aromatic carbocycles. The van der Waals surface area contributed by atoms with Crippen molar-refractivity contribution in [2.75, 3.05) is 25.0 Å². The molecule has 2 heterocycles. The Labute approximate surface area is 141 Å². The van der Waals surface area contributed by atoms with E-state index in [1.165, 1.54) is 29.4 Å². The molecule has 1 saturated heterocycles. The first-order valence-electron chi connectivity index (χ1n) is 7.69. The number of hydrogen-bond donors (Lipinski definition) is 0. The molecule has 5 heteroatoms. The molecule has 2 aliphatic rings. The second-order valence-electron chi connectivity index (χ2n) is 5.75. The zero-order valence-corrected chi connectivity index (χ0v) is 14.6. The fourth-order valence-electron chi connectivity index (χ4n) is 2.96. The largest absolute Gasteiger partial charge is 0.374 e. The van der Waals surface area contributed by atoms with E-state index in [0.717, 1.165) is 29.9 Å². The van der Waals surface area contributed by atoms with E-state index in [9.17, 15) is 4.79 Å². The van der Waals surface area contributed by atoms with E-state index >= 15 is 0 Å². The number of rotatable bonds is 3. The molecule has 0 aliphatic carbocycles. The topological polar surface area (TPSA) is 23.6 Å². The predicted octanol–water partition coefficient (Wildman–Crippen LogP) is 3.68. The quantitative estimate of drug-likeness (QED) is 0.622. The Hall–Kier alpha value is -1.33. The van der Waals surface area contributed by atoms with Crippen LogP contribution in [-0.4, -0.2) is 35.3 Å². The van der Waals surface area contributed by atoms with Gasteiger partial charge in [0.1, 0.15) is 4.32 Å². The maximum atomic E-state index is 12.4. The zero-order chi connectivity index (χ0) is 15.7. The molecule has 3 rings (SSSR count). The third kappa shape index (κ3) is 2.92. The van der Waals surface area contributed by atoms with Crippen LogP contribution < -0.4 is 4.90 Å². The summed E-state index contributed by atoms with van der Waals surface area (Å²) in [5.41, 5.74) is 3.76. The Balaban J connectivity index is 1.87. The Bertz CT molecular complexity index is 654. The van der Waals surface area contributed by atoms with E-state index in [1.54, 1.807) is 4.90 Å². The lowest BCUT2D eigenvalue weighted by Gasteiger charge is -2.27. The van der Waals surface area contributed by atoms with Crippen LogP contribution >= 0.6 is 24.0 Å². The lowest BCUT2D eigenvalue weighted by Crippen LogP contribution is -2.28. The van der Waals surface area contributed by atoms with Gasteiger partial charge in [0.2, 0.25) is 0 Å². The zero-order valence-electron chi connectivity index (χ0n) is 13.0. The minimum absolute atomic E-state index is 0.0479. The van der Waals surface area contributed by atoms with Gasteiger partial charge < -0.3 is 4.90 Å². The van der Waals surface area contributed by atoms with Crippen molar-refractivity contribution < 1.29 is 4.79 Å². The van der Waals surface area contributed by atoms with Crippen molar-refractivity contribution in [2.45, 2.75) is 26.2 Å². The molecule has 0 bridgehead atoms. The summed E-state index contributed by atoms with van der Waals surface area (Å²) in [5, 5.41) is 0. The van der Waals surface area contributed by atoms with Crippen molar-refractivity contribution in [3.05, 3.63) is 34.2 Å². The van der Waals surface area contributed by atoms with Gasteiger partial charge in [-0.3, -0.25) is 9.69 Å². The van der Waals surface area contributed by atoms with Crippen LogP contribution in [0, 0.1) is 0 Å². The average Bonchev–Trinajstić information content (AvgIpc) is 2.75. The first kappa shape index (κ1) is 15.6. The van der Waals surface area contributed by atoms with Gasteiger partial charge in [-0.05, 0) is 48.6 Å². The average molecular weight is 332 g/mol. The molecule has 22 heavy (non-hydrogen) atoms. The number of carbonyl (C=O) groups is 1. The number of thiocarbonyl (C=S) groups is 1. The molecule has 0 atom stereocenters. The van der Waals surface area contributed by atoms with Crippen LogP contribution in [0.15, 0.2) is 23.1 Å². The van der Waals surface area contributed by atoms with E-state index in [0.29, 0.717) is 10.9 Å². The SMILES string of the molecule is CCCN1C(=O)C(=Cc2ccc3c(c2)CCCN3C)SC1=S. The van der Waals surface area contributed by atoms with Crippen LogP contribution in [-0.2, 0) is 11.2 Å². The van der Waals surface area contributed by atoms with E-state index in [2.05, 4.69) is 37.1 Å². The van der Waals surface area contributed by atoms with Gasteiger partial charge in [-0.15, -0.1) is 0 Å². The van der Waals surface area contributed by atoms with Crippen molar-refractivity contribution in [1.82, 2.24) is 4.90 Å². The Morgan fingerprint density at radius 1 is 1.41 bits per heavy atom. The molecule has 116 valence electrons. The van der Waals surface area contributed by atoms with E-state index in [-0.39, 0.29) is 5.91 Å². The smallest absolute Gasteiger partial charge is 0.266 e. The Morgan fingerprint density at radius 2 is 2.23 bits per heavy atom. The summed E-state index contributed by atoms with van der Waals surface area (Å²) in [6, 6.07) is 6.46. The first-order chi connectivity index (χ1) is 10.6. The van der Waals surface area contributed by atoms with Crippen LogP contribution in [0.1, 0.15) is 30.9 Å². The van der Waals surface area contributed by atoms with Crippen LogP contribution in [0.25, 0.3) is 6.08 Å². The lowest BCUT2D eigenvalue weighted by molar-refractivity contribution is -0.122. The maximum Gasteiger partial charge on any atom is 0.266 e. The highest BCUT2D eigenvalue weighted by Crippen LogP contribution is 2.34. The predicted molar refractivity (Wildman–Crippen MR) is 98.2 cm³/mol. The molecule has 0 radical (unpaired) electrons. The molecule has 0 aromatic heterocycles. The monoisotopic (exact) mass is 332 g/mol. The number of nitrogens with zero attached hydrogens (tertiary/aromatic N) is 2. The third-order valence-corrected chi connectivity index (χ3v) is 5.45. The number of aryl methyl sites for hydroxylation is 1. The summed E-state index contributed by atoms with van der Waals surface area (Å²) in [6.07, 6.45) is 5.19. The number of thioether (sulfide) groups is 1. The second kappa shape index (κ2) is 6.42. The molecular weight excluding hydrogens is 312 g/mol. The van der Waals surface area contributed by atoms with Crippen LogP contribution in [0.2, 0.25) is 0 Å². The maximum absolute atomic E-state index is 12.4. The highest BCUT2D eigenvalue weighted by molar-refractivity contribution is 8.26. The molecule has 0 spiro atoms. The summed E-state index contributed by atoms with van der Waals surface area (Å²) >= 11 is 6.72. The van der Waals surface area contributed by atoms with Crippen LogP contribution in [0.4, 0.5) is 5.69 Å². The summed E-state index contributed by atoms with van der Waals surface area (Å²) in [7, 11) is 2.13. The van der Waals surface area contributed by atoms with Crippen molar-refractivity contribution in [2.24, 2.45) is 0 Å². The van der Waals surface area contributed by atoms with Crippen LogP contribution in [0.5, 0.6) is 0 Å². The van der Waals surface area contributed by atoms with Gasteiger partial charge in [-0.1, -0.05) is 37.0 Å². The standard InChI is InChI=1S/C17H20N2OS2/c1-3-8-19-16(20)15(22-17(19)21)11-12-6-7-14-13(10-12)5-4-9-18(14)2/h6-7,10-11H,3-5,8-9H2,1-2H3. The summed E-state index contributed by atoms with van der Waals surface area (Å²) < 4.78 is 0.677. The number of anilines is 1. The number of hydrogen-bond acceptors (Lipinski definition) is 4. The number of amides is 1. The number of fused-ring (bicyclic) bond motifs is 1. The van der Waals surface area contributed by atoms with E-state index in [4.69, 9.17) is 12.2 Å². The van der Waals surface area contributed by atoms with Crippen molar-refractivity contribution >= 4 is 46.0 Å². The fourth-order valence-corrected chi connectivity index (χ4v) is 4.27. The summed E-state index contributed by atoms with van der Waals surface area (Å²) in [5.74, 6) is 0.0479. The van der Waals surface area contributed by atoms with Gasteiger partial charge in [0, 0.05) is 25.8 Å².